The van der Waals surface area contributed by atoms with Gasteiger partial charge in [-0.3, -0.25) is 9.89 Å². The molecule has 9 heteroatoms. The molecule has 1 aromatic heterocycles. The van der Waals surface area contributed by atoms with Crippen LogP contribution in [0, 0.1) is 6.92 Å². The van der Waals surface area contributed by atoms with Crippen molar-refractivity contribution in [1.29, 1.82) is 0 Å². The average molecular weight is 426 g/mol. The summed E-state index contributed by atoms with van der Waals surface area (Å²) in [5.41, 5.74) is 0.550. The van der Waals surface area contributed by atoms with E-state index >= 15 is 0 Å². The summed E-state index contributed by atoms with van der Waals surface area (Å²) < 4.78 is 27.9. The third-order valence-electron chi connectivity index (χ3n) is 5.13. The average Bonchev–Trinajstić information content (AvgIpc) is 3.07. The smallest absolute Gasteiger partial charge is 0.254 e. The largest absolute Gasteiger partial charge is 0.327 e. The molecular weight excluding hydrogens is 402 g/mol. The molecule has 0 saturated carbocycles. The maximum absolute atomic E-state index is 13.3. The molecule has 2 heterocycles. The van der Waals surface area contributed by atoms with Gasteiger partial charge in [-0.2, -0.15) is 9.40 Å². The maximum Gasteiger partial charge on any atom is 0.254 e. The number of amides is 1. The molecule has 156 valence electrons. The van der Waals surface area contributed by atoms with Crippen molar-refractivity contribution in [1.82, 2.24) is 24.4 Å². The molecule has 0 aliphatic carbocycles. The van der Waals surface area contributed by atoms with Gasteiger partial charge in [-0.05, 0) is 37.6 Å². The Morgan fingerprint density at radius 1 is 1.03 bits per heavy atom. The number of sulfonamides is 1. The minimum atomic E-state index is -3.70. The van der Waals surface area contributed by atoms with Crippen LogP contribution in [0.2, 0.25) is 0 Å². The van der Waals surface area contributed by atoms with Gasteiger partial charge in [0.1, 0.15) is 11.9 Å². The Bertz CT molecular complexity index is 1120. The van der Waals surface area contributed by atoms with Crippen LogP contribution in [0.3, 0.4) is 0 Å². The third-order valence-corrected chi connectivity index (χ3v) is 7.01. The van der Waals surface area contributed by atoms with E-state index < -0.39 is 16.1 Å². The van der Waals surface area contributed by atoms with Gasteiger partial charge in [0.15, 0.2) is 5.82 Å². The van der Waals surface area contributed by atoms with Crippen LogP contribution in [-0.4, -0.2) is 58.3 Å². The summed E-state index contributed by atoms with van der Waals surface area (Å²) in [6.45, 7) is 2.59. The monoisotopic (exact) mass is 425 g/mol. The lowest BCUT2D eigenvalue weighted by molar-refractivity contribution is 0.0676. The lowest BCUT2D eigenvalue weighted by Crippen LogP contribution is -2.40. The molecule has 4 rings (SSSR count). The Morgan fingerprint density at radius 2 is 1.70 bits per heavy atom. The standard InChI is InChI=1S/C21H23N5O3S/c1-16-22-20(24-23-16)19-15-25(30(28,29)18-11-6-3-7-12-18)13-8-14-26(19)21(27)17-9-4-2-5-10-17/h2-7,9-12,19H,8,13-15H2,1H3,(H,22,23,24). The first-order valence-electron chi connectivity index (χ1n) is 9.77. The van der Waals surface area contributed by atoms with Gasteiger partial charge >= 0.3 is 0 Å². The van der Waals surface area contributed by atoms with E-state index in [-0.39, 0.29) is 17.3 Å². The topological polar surface area (TPSA) is 99.3 Å². The molecular formula is C21H23N5O3S. The van der Waals surface area contributed by atoms with E-state index in [1.165, 1.54) is 4.31 Å². The fourth-order valence-corrected chi connectivity index (χ4v) is 5.14. The fourth-order valence-electron chi connectivity index (χ4n) is 3.64. The molecule has 3 aromatic rings. The van der Waals surface area contributed by atoms with Gasteiger partial charge < -0.3 is 4.90 Å². The summed E-state index contributed by atoms with van der Waals surface area (Å²) >= 11 is 0. The molecule has 30 heavy (non-hydrogen) atoms. The number of hydrogen-bond acceptors (Lipinski definition) is 5. The molecule has 0 spiro atoms. The van der Waals surface area contributed by atoms with Gasteiger partial charge in [0.25, 0.3) is 5.91 Å². The number of nitrogens with zero attached hydrogens (tertiary/aromatic N) is 4. The Labute approximate surface area is 175 Å². The summed E-state index contributed by atoms with van der Waals surface area (Å²) in [5.74, 6) is 0.854. The number of aryl methyl sites for hydroxylation is 1. The second kappa shape index (κ2) is 8.37. The number of nitrogens with one attached hydrogen (secondary N) is 1. The molecule has 1 amide bonds. The highest BCUT2D eigenvalue weighted by Gasteiger charge is 2.37. The van der Waals surface area contributed by atoms with E-state index in [1.54, 1.807) is 54.3 Å². The number of carbonyl (C=O) groups is 1. The lowest BCUT2D eigenvalue weighted by atomic mass is 10.1. The van der Waals surface area contributed by atoms with E-state index in [2.05, 4.69) is 15.2 Å². The normalized spacial score (nSPS) is 18.2. The van der Waals surface area contributed by atoms with E-state index in [1.807, 2.05) is 18.2 Å². The van der Waals surface area contributed by atoms with Crippen molar-refractivity contribution < 1.29 is 13.2 Å². The second-order valence-corrected chi connectivity index (χ2v) is 9.13. The van der Waals surface area contributed by atoms with Gasteiger partial charge in [-0.1, -0.05) is 36.4 Å². The predicted molar refractivity (Wildman–Crippen MR) is 111 cm³/mol. The van der Waals surface area contributed by atoms with E-state index in [4.69, 9.17) is 0 Å². The Balaban J connectivity index is 1.71. The van der Waals surface area contributed by atoms with Crippen molar-refractivity contribution in [3.05, 3.63) is 77.9 Å². The van der Waals surface area contributed by atoms with Gasteiger partial charge in [0, 0.05) is 25.2 Å². The van der Waals surface area contributed by atoms with E-state index in [0.29, 0.717) is 36.7 Å². The van der Waals surface area contributed by atoms with Gasteiger partial charge in [0.2, 0.25) is 10.0 Å². The molecule has 8 nitrogen and oxygen atoms in total. The molecule has 1 aliphatic rings. The summed E-state index contributed by atoms with van der Waals surface area (Å²) in [6.07, 6.45) is 0.518. The van der Waals surface area contributed by atoms with Crippen molar-refractivity contribution in [3.63, 3.8) is 0 Å². The number of carbonyl (C=O) groups excluding carboxylic acids is 1. The van der Waals surface area contributed by atoms with Crippen LogP contribution in [0.4, 0.5) is 0 Å². The lowest BCUT2D eigenvalue weighted by Gasteiger charge is -2.29. The SMILES string of the molecule is Cc1nc(C2CN(S(=O)(=O)c3ccccc3)CCCN2C(=O)c2ccccc2)n[nH]1. The number of aromatic amines is 1. The van der Waals surface area contributed by atoms with Crippen LogP contribution < -0.4 is 0 Å². The van der Waals surface area contributed by atoms with Crippen molar-refractivity contribution in [2.24, 2.45) is 0 Å². The minimum absolute atomic E-state index is 0.0904. The molecule has 1 N–H and O–H groups in total. The number of hydrogen-bond donors (Lipinski definition) is 1. The summed E-state index contributed by atoms with van der Waals surface area (Å²) in [5, 5.41) is 7.05. The minimum Gasteiger partial charge on any atom is -0.327 e. The third kappa shape index (κ3) is 3.99. The summed E-state index contributed by atoms with van der Waals surface area (Å²) in [7, 11) is -3.70. The highest BCUT2D eigenvalue weighted by atomic mass is 32.2. The second-order valence-electron chi connectivity index (χ2n) is 7.19. The predicted octanol–water partition coefficient (Wildman–Crippen LogP) is 2.39. The Kier molecular flexibility index (Phi) is 5.65. The fraction of sp³-hybridized carbons (Fsp3) is 0.286. The van der Waals surface area contributed by atoms with Crippen molar-refractivity contribution >= 4 is 15.9 Å². The molecule has 0 bridgehead atoms. The van der Waals surface area contributed by atoms with Crippen LogP contribution in [0.15, 0.2) is 65.6 Å². The quantitative estimate of drug-likeness (QED) is 0.692. The van der Waals surface area contributed by atoms with Crippen molar-refractivity contribution in [2.45, 2.75) is 24.3 Å². The number of rotatable bonds is 4. The van der Waals surface area contributed by atoms with Crippen LogP contribution in [0.25, 0.3) is 0 Å². The Hall–Kier alpha value is -3.04. The molecule has 1 fully saturated rings. The van der Waals surface area contributed by atoms with Crippen molar-refractivity contribution in [2.75, 3.05) is 19.6 Å². The van der Waals surface area contributed by atoms with E-state index in [0.717, 1.165) is 0 Å². The molecule has 1 unspecified atom stereocenters. The molecule has 2 aromatic carbocycles. The van der Waals surface area contributed by atoms with Crippen molar-refractivity contribution in [3.8, 4) is 0 Å². The zero-order valence-electron chi connectivity index (χ0n) is 16.6. The first kappa shape index (κ1) is 20.2. The molecule has 0 radical (unpaired) electrons. The number of aromatic nitrogens is 3. The van der Waals surface area contributed by atoms with Gasteiger partial charge in [0.05, 0.1) is 4.90 Å². The molecule has 1 aliphatic heterocycles. The number of H-pyrrole nitrogens is 1. The highest BCUT2D eigenvalue weighted by Crippen LogP contribution is 2.28. The number of benzene rings is 2. The zero-order valence-corrected chi connectivity index (χ0v) is 17.4. The molecule has 1 atom stereocenters. The summed E-state index contributed by atoms with van der Waals surface area (Å²) in [6, 6.07) is 16.7. The van der Waals surface area contributed by atoms with E-state index in [9.17, 15) is 13.2 Å². The van der Waals surface area contributed by atoms with Crippen LogP contribution in [0.1, 0.15) is 34.5 Å². The zero-order chi connectivity index (χ0) is 21.1. The first-order valence-corrected chi connectivity index (χ1v) is 11.2. The van der Waals surface area contributed by atoms with Crippen LogP contribution in [0.5, 0.6) is 0 Å². The molecule has 1 saturated heterocycles. The summed E-state index contributed by atoms with van der Waals surface area (Å²) in [4.78, 5) is 19.6. The first-order chi connectivity index (χ1) is 14.5. The van der Waals surface area contributed by atoms with Gasteiger partial charge in [-0.15, -0.1) is 0 Å². The van der Waals surface area contributed by atoms with Crippen LogP contribution >= 0.6 is 0 Å². The Morgan fingerprint density at radius 3 is 2.33 bits per heavy atom. The van der Waals surface area contributed by atoms with Gasteiger partial charge in [-0.25, -0.2) is 13.4 Å². The maximum atomic E-state index is 13.3. The highest BCUT2D eigenvalue weighted by molar-refractivity contribution is 7.89. The van der Waals surface area contributed by atoms with Crippen LogP contribution in [-0.2, 0) is 10.0 Å².